The van der Waals surface area contributed by atoms with E-state index in [0.717, 1.165) is 19.3 Å². The van der Waals surface area contributed by atoms with Gasteiger partial charge in [-0.25, -0.2) is 0 Å². The van der Waals surface area contributed by atoms with Crippen LogP contribution in [-0.4, -0.2) is 16.0 Å². The van der Waals surface area contributed by atoms with Crippen LogP contribution in [-0.2, 0) is 5.54 Å². The van der Waals surface area contributed by atoms with Crippen LogP contribution in [0.15, 0.2) is 40.2 Å². The summed E-state index contributed by atoms with van der Waals surface area (Å²) in [5, 5.41) is 9.57. The average Bonchev–Trinajstić information content (AvgIpc) is 3.29. The summed E-state index contributed by atoms with van der Waals surface area (Å²) >= 11 is 1.42. The Hall–Kier alpha value is -2.22. The quantitative estimate of drug-likeness (QED) is 0.612. The van der Waals surface area contributed by atoms with Crippen molar-refractivity contribution in [2.24, 2.45) is 5.73 Å². The van der Waals surface area contributed by atoms with E-state index in [2.05, 4.69) is 29.3 Å². The molecule has 0 spiro atoms. The fraction of sp³-hybridized carbons (Fsp3) is 0.350. The van der Waals surface area contributed by atoms with E-state index in [0.29, 0.717) is 33.8 Å². The summed E-state index contributed by atoms with van der Waals surface area (Å²) in [6, 6.07) is 9.52. The number of amides is 1. The van der Waals surface area contributed by atoms with Gasteiger partial charge in [0.2, 0.25) is 0 Å². The second kappa shape index (κ2) is 8.03. The summed E-state index contributed by atoms with van der Waals surface area (Å²) in [5.74, 6) is 1.19. The van der Waals surface area contributed by atoms with E-state index in [-0.39, 0.29) is 18.3 Å². The van der Waals surface area contributed by atoms with Crippen LogP contribution in [0.25, 0.3) is 11.5 Å². The molecule has 0 atom stereocenters. The lowest BCUT2D eigenvalue weighted by Gasteiger charge is -2.34. The molecule has 6 nitrogen and oxygen atoms in total. The fourth-order valence-electron chi connectivity index (χ4n) is 3.09. The number of nitrogens with one attached hydrogen (secondary N) is 1. The van der Waals surface area contributed by atoms with Gasteiger partial charge in [-0.15, -0.1) is 23.7 Å². The highest BCUT2D eigenvalue weighted by molar-refractivity contribution is 7.15. The fourth-order valence-corrected chi connectivity index (χ4v) is 3.86. The molecule has 28 heavy (non-hydrogen) atoms. The highest BCUT2D eigenvalue weighted by Crippen LogP contribution is 2.39. The lowest BCUT2D eigenvalue weighted by molar-refractivity contribution is 0.102. The molecule has 3 aromatic rings. The lowest BCUT2D eigenvalue weighted by Crippen LogP contribution is -2.44. The third-order valence-electron chi connectivity index (χ3n) is 5.08. The maximum absolute atomic E-state index is 12.6. The first-order chi connectivity index (χ1) is 13.0. The van der Waals surface area contributed by atoms with Crippen LogP contribution in [0.3, 0.4) is 0 Å². The minimum Gasteiger partial charge on any atom is -0.334 e. The van der Waals surface area contributed by atoms with E-state index < -0.39 is 5.54 Å². The van der Waals surface area contributed by atoms with E-state index in [4.69, 9.17) is 10.3 Å². The minimum absolute atomic E-state index is 0. The predicted molar refractivity (Wildman–Crippen MR) is 113 cm³/mol. The first-order valence-electron chi connectivity index (χ1n) is 9.08. The van der Waals surface area contributed by atoms with Crippen molar-refractivity contribution in [1.29, 1.82) is 0 Å². The Morgan fingerprint density at radius 1 is 1.25 bits per heavy atom. The van der Waals surface area contributed by atoms with Crippen molar-refractivity contribution in [2.75, 3.05) is 5.32 Å². The van der Waals surface area contributed by atoms with Crippen LogP contribution in [0.2, 0.25) is 0 Å². The van der Waals surface area contributed by atoms with Gasteiger partial charge >= 0.3 is 0 Å². The van der Waals surface area contributed by atoms with Crippen molar-refractivity contribution < 1.29 is 9.32 Å². The van der Waals surface area contributed by atoms with E-state index >= 15 is 0 Å². The van der Waals surface area contributed by atoms with E-state index in [1.54, 1.807) is 0 Å². The molecular formula is C20H23ClN4O2S. The lowest BCUT2D eigenvalue weighted by atomic mass is 9.77. The molecule has 1 aliphatic rings. The third-order valence-corrected chi connectivity index (χ3v) is 5.91. The van der Waals surface area contributed by atoms with Crippen LogP contribution in [0.5, 0.6) is 0 Å². The molecule has 4 rings (SSSR count). The maximum Gasteiger partial charge on any atom is 0.260 e. The van der Waals surface area contributed by atoms with Crippen LogP contribution in [0.1, 0.15) is 60.8 Å². The number of hydrogen-bond acceptors (Lipinski definition) is 6. The molecule has 0 saturated heterocycles. The Morgan fingerprint density at radius 3 is 2.57 bits per heavy atom. The van der Waals surface area contributed by atoms with Gasteiger partial charge in [0.1, 0.15) is 5.00 Å². The number of aromatic nitrogens is 2. The summed E-state index contributed by atoms with van der Waals surface area (Å²) in [6.07, 6.45) is 2.81. The van der Waals surface area contributed by atoms with Crippen molar-refractivity contribution in [3.8, 4) is 11.5 Å². The summed E-state index contributed by atoms with van der Waals surface area (Å²) in [4.78, 5) is 17.1. The SMILES string of the molecule is CC(C)c1ccc(C(=O)Nc2sccc2-c2nc(C3(N)CCC3)no2)cc1.Cl. The standard InChI is InChI=1S/C20H22N4O2S.ClH/c1-12(2)13-4-6-14(7-5-13)16(25)22-18-15(8-11-27-18)17-23-19(24-26-17)20(21)9-3-10-20;/h4-8,11-12H,3,9-10,21H2,1-2H3,(H,22,25);1H. The number of rotatable bonds is 5. The Morgan fingerprint density at radius 2 is 1.96 bits per heavy atom. The Balaban J connectivity index is 0.00000225. The number of anilines is 1. The summed E-state index contributed by atoms with van der Waals surface area (Å²) in [6.45, 7) is 4.25. The van der Waals surface area contributed by atoms with Crippen LogP contribution >= 0.6 is 23.7 Å². The third kappa shape index (κ3) is 3.83. The molecule has 148 valence electrons. The zero-order valence-electron chi connectivity index (χ0n) is 15.8. The molecule has 0 unspecified atom stereocenters. The molecule has 1 amide bonds. The first-order valence-corrected chi connectivity index (χ1v) is 9.96. The number of nitrogens with zero attached hydrogens (tertiary/aromatic N) is 2. The van der Waals surface area contributed by atoms with Crippen molar-refractivity contribution in [2.45, 2.75) is 44.6 Å². The molecule has 0 aliphatic heterocycles. The molecular weight excluding hydrogens is 396 g/mol. The molecule has 1 aliphatic carbocycles. The molecule has 1 saturated carbocycles. The number of hydrogen-bond donors (Lipinski definition) is 2. The van der Waals surface area contributed by atoms with Gasteiger partial charge < -0.3 is 15.6 Å². The van der Waals surface area contributed by atoms with Gasteiger partial charge in [0.25, 0.3) is 11.8 Å². The largest absolute Gasteiger partial charge is 0.334 e. The monoisotopic (exact) mass is 418 g/mol. The minimum atomic E-state index is -0.473. The Bertz CT molecular complexity index is 961. The zero-order valence-corrected chi connectivity index (χ0v) is 17.4. The second-order valence-electron chi connectivity index (χ2n) is 7.33. The molecule has 3 N–H and O–H groups in total. The number of nitrogens with two attached hydrogens (primary N) is 1. The number of halogens is 1. The van der Waals surface area contributed by atoms with Crippen LogP contribution in [0, 0.1) is 0 Å². The van der Waals surface area contributed by atoms with E-state index in [9.17, 15) is 4.79 Å². The topological polar surface area (TPSA) is 94.0 Å². The zero-order chi connectivity index (χ0) is 19.0. The normalized spacial score (nSPS) is 15.0. The van der Waals surface area contributed by atoms with Gasteiger partial charge in [0.15, 0.2) is 5.82 Å². The number of benzene rings is 1. The van der Waals surface area contributed by atoms with E-state index in [1.165, 1.54) is 16.9 Å². The van der Waals surface area contributed by atoms with Crippen molar-refractivity contribution in [1.82, 2.24) is 10.1 Å². The van der Waals surface area contributed by atoms with E-state index in [1.807, 2.05) is 35.7 Å². The van der Waals surface area contributed by atoms with Crippen molar-refractivity contribution in [3.63, 3.8) is 0 Å². The molecule has 2 aromatic heterocycles. The highest BCUT2D eigenvalue weighted by atomic mass is 35.5. The van der Waals surface area contributed by atoms with Gasteiger partial charge in [-0.05, 0) is 54.3 Å². The average molecular weight is 419 g/mol. The second-order valence-corrected chi connectivity index (χ2v) is 8.24. The Kier molecular flexibility index (Phi) is 5.88. The number of thiophene rings is 1. The predicted octanol–water partition coefficient (Wildman–Crippen LogP) is 4.93. The highest BCUT2D eigenvalue weighted by Gasteiger charge is 2.39. The van der Waals surface area contributed by atoms with Gasteiger partial charge in [-0.2, -0.15) is 4.98 Å². The summed E-state index contributed by atoms with van der Waals surface area (Å²) in [5.41, 5.74) is 8.32. The molecule has 0 radical (unpaired) electrons. The first kappa shape index (κ1) is 20.5. The molecule has 0 bridgehead atoms. The number of carbonyl (C=O) groups is 1. The molecule has 1 fully saturated rings. The van der Waals surface area contributed by atoms with Crippen LogP contribution < -0.4 is 11.1 Å². The van der Waals surface area contributed by atoms with Crippen molar-refractivity contribution in [3.05, 3.63) is 52.7 Å². The number of carbonyl (C=O) groups excluding carboxylic acids is 1. The van der Waals surface area contributed by atoms with Gasteiger partial charge in [-0.3, -0.25) is 4.79 Å². The van der Waals surface area contributed by atoms with Gasteiger partial charge in [-0.1, -0.05) is 31.1 Å². The molecule has 1 aromatic carbocycles. The Labute approximate surface area is 173 Å². The molecule has 8 heteroatoms. The summed E-state index contributed by atoms with van der Waals surface area (Å²) < 4.78 is 5.42. The smallest absolute Gasteiger partial charge is 0.260 e. The van der Waals surface area contributed by atoms with Crippen LogP contribution in [0.4, 0.5) is 5.00 Å². The van der Waals surface area contributed by atoms with Crippen molar-refractivity contribution >= 4 is 34.7 Å². The molecule has 2 heterocycles. The maximum atomic E-state index is 12.6. The summed E-state index contributed by atoms with van der Waals surface area (Å²) in [7, 11) is 0. The van der Waals surface area contributed by atoms with Gasteiger partial charge in [0.05, 0.1) is 11.1 Å². The van der Waals surface area contributed by atoms with Gasteiger partial charge in [0, 0.05) is 5.56 Å².